The van der Waals surface area contributed by atoms with Crippen LogP contribution in [-0.2, 0) is 19.7 Å². The number of hydrogen-bond donors (Lipinski definition) is 1. The first-order chi connectivity index (χ1) is 13.8. The summed E-state index contributed by atoms with van der Waals surface area (Å²) in [5.74, 6) is -3.54. The molecule has 2 aliphatic rings. The van der Waals surface area contributed by atoms with Gasteiger partial charge in [0, 0.05) is 28.4 Å². The van der Waals surface area contributed by atoms with Crippen molar-refractivity contribution < 1.29 is 24.0 Å². The van der Waals surface area contributed by atoms with Crippen molar-refractivity contribution in [2.45, 2.75) is 12.3 Å². The maximum absolute atomic E-state index is 13.2. The van der Waals surface area contributed by atoms with Gasteiger partial charge in [0.15, 0.2) is 5.78 Å². The number of nitrogens with zero attached hydrogens (tertiary/aromatic N) is 1. The van der Waals surface area contributed by atoms with Gasteiger partial charge in [-0.15, -0.1) is 0 Å². The van der Waals surface area contributed by atoms with Gasteiger partial charge in [-0.1, -0.05) is 11.6 Å². The minimum atomic E-state index is -1.40. The third-order valence-electron chi connectivity index (χ3n) is 5.44. The van der Waals surface area contributed by atoms with Crippen LogP contribution >= 0.6 is 11.6 Å². The topological polar surface area (TPSA) is 116 Å². The number of rotatable bonds is 5. The van der Waals surface area contributed by atoms with Crippen LogP contribution in [0.1, 0.15) is 22.8 Å². The molecule has 4 rings (SSSR count). The Kier molecular flexibility index (Phi) is 4.38. The molecule has 1 heterocycles. The fraction of sp³-hybridized carbons (Fsp3) is 0.250. The molecule has 3 atom stereocenters. The number of nitro groups is 1. The van der Waals surface area contributed by atoms with Crippen molar-refractivity contribution in [3.05, 3.63) is 68.7 Å². The summed E-state index contributed by atoms with van der Waals surface area (Å²) in [5, 5.41) is 13.9. The van der Waals surface area contributed by atoms with Gasteiger partial charge in [0.05, 0.1) is 23.4 Å². The summed E-state index contributed by atoms with van der Waals surface area (Å²) in [7, 11) is 0. The number of non-ortho nitro benzene ring substituents is 1. The highest BCUT2D eigenvalue weighted by Gasteiger charge is 2.79. The van der Waals surface area contributed by atoms with Gasteiger partial charge in [-0.05, 0) is 42.8 Å². The molecular weight excluding hydrogens is 400 g/mol. The predicted octanol–water partition coefficient (Wildman–Crippen LogP) is 3.13. The van der Waals surface area contributed by atoms with Crippen LogP contribution in [0.25, 0.3) is 0 Å². The van der Waals surface area contributed by atoms with E-state index >= 15 is 0 Å². The molecular formula is C20H15ClN2O6. The molecule has 1 aliphatic heterocycles. The van der Waals surface area contributed by atoms with E-state index in [1.807, 2.05) is 0 Å². The van der Waals surface area contributed by atoms with Crippen molar-refractivity contribution >= 4 is 40.6 Å². The molecule has 0 saturated heterocycles. The molecule has 1 N–H and O–H groups in total. The van der Waals surface area contributed by atoms with Crippen LogP contribution in [0.3, 0.4) is 0 Å². The second-order valence-electron chi connectivity index (χ2n) is 6.89. The standard InChI is InChI=1S/C20H15ClN2O6/c1-2-29-18(25)16-15(17(24)10-3-6-12(7-4-10)23(27)28)20(16)13-9-11(21)5-8-14(13)22-19(20)26/h3-9,15-16H,2H2,1H3,(H,22,26)/t15-,16-,20?/m1/s1. The van der Waals surface area contributed by atoms with E-state index < -0.39 is 39.8 Å². The lowest BCUT2D eigenvalue weighted by molar-refractivity contribution is -0.384. The number of fused-ring (bicyclic) bond motifs is 2. The second-order valence-corrected chi connectivity index (χ2v) is 7.33. The molecule has 1 spiro atoms. The third-order valence-corrected chi connectivity index (χ3v) is 5.68. The number of benzene rings is 2. The van der Waals surface area contributed by atoms with Gasteiger partial charge in [0.1, 0.15) is 5.41 Å². The number of nitrogens with one attached hydrogen (secondary N) is 1. The Labute approximate surface area is 170 Å². The lowest BCUT2D eigenvalue weighted by Gasteiger charge is -2.09. The van der Waals surface area contributed by atoms with Crippen LogP contribution in [0, 0.1) is 22.0 Å². The first-order valence-electron chi connectivity index (χ1n) is 8.89. The van der Waals surface area contributed by atoms with Crippen LogP contribution in [-0.4, -0.2) is 29.2 Å². The van der Waals surface area contributed by atoms with Crippen molar-refractivity contribution in [2.24, 2.45) is 11.8 Å². The number of halogens is 1. The van der Waals surface area contributed by atoms with Crippen LogP contribution in [0.5, 0.6) is 0 Å². The molecule has 148 valence electrons. The monoisotopic (exact) mass is 414 g/mol. The summed E-state index contributed by atoms with van der Waals surface area (Å²) in [6.07, 6.45) is 0. The second kappa shape index (κ2) is 6.66. The van der Waals surface area contributed by atoms with Gasteiger partial charge < -0.3 is 10.1 Å². The molecule has 9 heteroatoms. The quantitative estimate of drug-likeness (QED) is 0.348. The van der Waals surface area contributed by atoms with E-state index in [-0.39, 0.29) is 17.9 Å². The van der Waals surface area contributed by atoms with E-state index in [2.05, 4.69) is 5.32 Å². The highest BCUT2D eigenvalue weighted by atomic mass is 35.5. The average Bonchev–Trinajstić information content (AvgIpc) is 3.32. The lowest BCUT2D eigenvalue weighted by atomic mass is 9.91. The molecule has 2 aromatic rings. The summed E-state index contributed by atoms with van der Waals surface area (Å²) >= 11 is 6.10. The van der Waals surface area contributed by atoms with Gasteiger partial charge in [0.2, 0.25) is 5.91 Å². The van der Waals surface area contributed by atoms with E-state index in [1.165, 1.54) is 24.3 Å². The lowest BCUT2D eigenvalue weighted by Crippen LogP contribution is -2.26. The first-order valence-corrected chi connectivity index (χ1v) is 9.27. The Bertz CT molecular complexity index is 1070. The van der Waals surface area contributed by atoms with Crippen LogP contribution in [0.4, 0.5) is 11.4 Å². The first kappa shape index (κ1) is 19.1. The maximum atomic E-state index is 13.2. The number of carbonyl (C=O) groups excluding carboxylic acids is 3. The molecule has 29 heavy (non-hydrogen) atoms. The van der Waals surface area contributed by atoms with E-state index in [4.69, 9.17) is 16.3 Å². The summed E-state index contributed by atoms with van der Waals surface area (Å²) in [4.78, 5) is 49.0. The van der Waals surface area contributed by atoms with Gasteiger partial charge in [-0.3, -0.25) is 24.5 Å². The number of amides is 1. The molecule has 1 unspecified atom stereocenters. The van der Waals surface area contributed by atoms with Gasteiger partial charge in [-0.25, -0.2) is 0 Å². The van der Waals surface area contributed by atoms with Gasteiger partial charge in [-0.2, -0.15) is 0 Å². The van der Waals surface area contributed by atoms with Crippen molar-refractivity contribution in [1.82, 2.24) is 0 Å². The van der Waals surface area contributed by atoms with E-state index in [0.717, 1.165) is 0 Å². The number of ether oxygens (including phenoxy) is 1. The van der Waals surface area contributed by atoms with Crippen molar-refractivity contribution in [3.8, 4) is 0 Å². The summed E-state index contributed by atoms with van der Waals surface area (Å²) in [6.45, 7) is 1.74. The van der Waals surface area contributed by atoms with Crippen molar-refractivity contribution in [2.75, 3.05) is 11.9 Å². The smallest absolute Gasteiger partial charge is 0.311 e. The third kappa shape index (κ3) is 2.71. The molecule has 2 aromatic carbocycles. The summed E-state index contributed by atoms with van der Waals surface area (Å²) < 4.78 is 5.12. The van der Waals surface area contributed by atoms with Crippen molar-refractivity contribution in [1.29, 1.82) is 0 Å². The highest BCUT2D eigenvalue weighted by Crippen LogP contribution is 2.66. The van der Waals surface area contributed by atoms with E-state index in [9.17, 15) is 24.5 Å². The zero-order valence-corrected chi connectivity index (χ0v) is 15.9. The Morgan fingerprint density at radius 3 is 2.52 bits per heavy atom. The fourth-order valence-electron chi connectivity index (χ4n) is 4.16. The van der Waals surface area contributed by atoms with E-state index in [0.29, 0.717) is 16.3 Å². The van der Waals surface area contributed by atoms with Crippen LogP contribution < -0.4 is 5.32 Å². The number of Topliss-reactive ketones (excluding diaryl/α,β-unsaturated/α-hetero) is 1. The minimum absolute atomic E-state index is 0.105. The normalized spacial score (nSPS) is 24.0. The Morgan fingerprint density at radius 2 is 1.90 bits per heavy atom. The predicted molar refractivity (Wildman–Crippen MR) is 103 cm³/mol. The van der Waals surface area contributed by atoms with Crippen molar-refractivity contribution in [3.63, 3.8) is 0 Å². The molecule has 1 fully saturated rings. The Hall–Kier alpha value is -3.26. The molecule has 0 bridgehead atoms. The molecule has 1 aliphatic carbocycles. The largest absolute Gasteiger partial charge is 0.466 e. The number of carbonyl (C=O) groups is 3. The highest BCUT2D eigenvalue weighted by molar-refractivity contribution is 6.31. The zero-order valence-electron chi connectivity index (χ0n) is 15.2. The molecule has 8 nitrogen and oxygen atoms in total. The number of nitro benzene ring substituents is 1. The molecule has 1 amide bonds. The zero-order chi connectivity index (χ0) is 20.9. The number of hydrogen-bond acceptors (Lipinski definition) is 6. The SMILES string of the molecule is CCOC(=O)[C@H]1[C@H](C(=O)c2ccc([N+](=O)[O-])cc2)C12C(=O)Nc1ccc(Cl)cc12. The Morgan fingerprint density at radius 1 is 1.21 bits per heavy atom. The molecule has 0 radical (unpaired) electrons. The summed E-state index contributed by atoms with van der Waals surface area (Å²) in [6, 6.07) is 9.86. The van der Waals surface area contributed by atoms with E-state index in [1.54, 1.807) is 25.1 Å². The van der Waals surface area contributed by atoms with Crippen LogP contribution in [0.2, 0.25) is 5.02 Å². The Balaban J connectivity index is 1.78. The molecule has 1 saturated carbocycles. The summed E-state index contributed by atoms with van der Waals surface area (Å²) in [5.41, 5.74) is -0.411. The maximum Gasteiger partial charge on any atom is 0.311 e. The van der Waals surface area contributed by atoms with Crippen LogP contribution in [0.15, 0.2) is 42.5 Å². The number of esters is 1. The molecule has 0 aromatic heterocycles. The van der Waals surface area contributed by atoms with Gasteiger partial charge in [0.25, 0.3) is 5.69 Å². The number of ketones is 1. The van der Waals surface area contributed by atoms with Gasteiger partial charge >= 0.3 is 5.97 Å². The average molecular weight is 415 g/mol. The fourth-order valence-corrected chi connectivity index (χ4v) is 4.33. The number of anilines is 1. The minimum Gasteiger partial charge on any atom is -0.466 e.